The zero-order chi connectivity index (χ0) is 15.1. The summed E-state index contributed by atoms with van der Waals surface area (Å²) in [6.45, 7) is 4.79. The highest BCUT2D eigenvalue weighted by atomic mass is 19.1. The van der Waals surface area contributed by atoms with Gasteiger partial charge in [-0.25, -0.2) is 8.78 Å². The van der Waals surface area contributed by atoms with Crippen LogP contribution < -0.4 is 5.73 Å². The van der Waals surface area contributed by atoms with Crippen LogP contribution in [0, 0.1) is 23.5 Å². The molecule has 1 unspecified atom stereocenters. The van der Waals surface area contributed by atoms with E-state index < -0.39 is 11.6 Å². The molecule has 0 radical (unpaired) electrons. The van der Waals surface area contributed by atoms with Gasteiger partial charge >= 0.3 is 0 Å². The lowest BCUT2D eigenvalue weighted by atomic mass is 9.87. The number of rotatable bonds is 8. The van der Waals surface area contributed by atoms with Gasteiger partial charge in [0.15, 0.2) is 0 Å². The van der Waals surface area contributed by atoms with Crippen LogP contribution in [0.4, 0.5) is 8.78 Å². The minimum absolute atomic E-state index is 0.127. The fraction of sp³-hybridized carbons (Fsp3) is 0.562. The first kappa shape index (κ1) is 16.8. The average molecular weight is 283 g/mol. The van der Waals surface area contributed by atoms with Crippen molar-refractivity contribution in [3.8, 4) is 0 Å². The smallest absolute Gasteiger partial charge is 0.137 e. The lowest BCUT2D eigenvalue weighted by Crippen LogP contribution is -2.16. The molecule has 4 heteroatoms. The van der Waals surface area contributed by atoms with Crippen molar-refractivity contribution in [2.45, 2.75) is 39.5 Å². The van der Waals surface area contributed by atoms with Crippen LogP contribution in [0.25, 0.3) is 0 Å². The summed E-state index contributed by atoms with van der Waals surface area (Å²) in [6, 6.07) is 3.66. The van der Waals surface area contributed by atoms with Gasteiger partial charge in [0.2, 0.25) is 0 Å². The van der Waals surface area contributed by atoms with Gasteiger partial charge < -0.3 is 5.73 Å². The molecule has 0 aromatic heterocycles. The molecule has 0 aliphatic heterocycles. The third kappa shape index (κ3) is 5.00. The lowest BCUT2D eigenvalue weighted by molar-refractivity contribution is -0.118. The predicted octanol–water partition coefficient (Wildman–Crippen LogP) is 3.48. The Balaban J connectivity index is 2.55. The molecule has 2 nitrogen and oxygen atoms in total. The van der Waals surface area contributed by atoms with E-state index in [1.807, 2.05) is 0 Å². The Kier molecular flexibility index (Phi) is 6.79. The molecule has 0 amide bonds. The molecule has 1 atom stereocenters. The largest absolute Gasteiger partial charge is 0.330 e. The first-order valence-electron chi connectivity index (χ1n) is 7.10. The molecular formula is C16H23F2NO. The van der Waals surface area contributed by atoms with Crippen LogP contribution in [-0.4, -0.2) is 12.3 Å². The summed E-state index contributed by atoms with van der Waals surface area (Å²) >= 11 is 0. The molecule has 20 heavy (non-hydrogen) atoms. The molecule has 0 saturated heterocycles. The number of carbonyl (C=O) groups is 1. The van der Waals surface area contributed by atoms with Gasteiger partial charge in [-0.1, -0.05) is 19.9 Å². The van der Waals surface area contributed by atoms with Crippen LogP contribution in [-0.2, 0) is 11.2 Å². The highest BCUT2D eigenvalue weighted by molar-refractivity contribution is 5.80. The molecule has 0 fully saturated rings. The van der Waals surface area contributed by atoms with Gasteiger partial charge in [-0.05, 0) is 43.4 Å². The van der Waals surface area contributed by atoms with Gasteiger partial charge in [0.1, 0.15) is 17.4 Å². The third-order valence-corrected chi connectivity index (χ3v) is 3.71. The summed E-state index contributed by atoms with van der Waals surface area (Å²) in [5, 5.41) is 0. The Hall–Kier alpha value is -1.29. The number of hydrogen-bond donors (Lipinski definition) is 1. The van der Waals surface area contributed by atoms with Gasteiger partial charge in [0, 0.05) is 18.4 Å². The maximum absolute atomic E-state index is 13.4. The summed E-state index contributed by atoms with van der Waals surface area (Å²) in [7, 11) is 0. The maximum Gasteiger partial charge on any atom is 0.137 e. The Morgan fingerprint density at radius 1 is 1.20 bits per heavy atom. The third-order valence-electron chi connectivity index (χ3n) is 3.71. The van der Waals surface area contributed by atoms with Crippen molar-refractivity contribution in [2.75, 3.05) is 6.54 Å². The quantitative estimate of drug-likeness (QED) is 0.793. The molecular weight excluding hydrogens is 260 g/mol. The van der Waals surface area contributed by atoms with Crippen LogP contribution in [0.1, 0.15) is 38.7 Å². The van der Waals surface area contributed by atoms with E-state index in [2.05, 4.69) is 13.8 Å². The molecule has 0 aliphatic carbocycles. The van der Waals surface area contributed by atoms with Crippen LogP contribution in [0.3, 0.4) is 0 Å². The Morgan fingerprint density at radius 2 is 1.80 bits per heavy atom. The van der Waals surface area contributed by atoms with E-state index in [1.54, 1.807) is 0 Å². The van der Waals surface area contributed by atoms with E-state index in [4.69, 9.17) is 5.73 Å². The summed E-state index contributed by atoms with van der Waals surface area (Å²) in [5.74, 6) is -0.593. The number of ketones is 1. The van der Waals surface area contributed by atoms with E-state index in [0.29, 0.717) is 24.8 Å². The van der Waals surface area contributed by atoms with Crippen molar-refractivity contribution >= 4 is 5.78 Å². The highest BCUT2D eigenvalue weighted by Gasteiger charge is 2.17. The van der Waals surface area contributed by atoms with Crippen molar-refractivity contribution in [3.63, 3.8) is 0 Å². The number of nitrogens with two attached hydrogens (primary N) is 1. The van der Waals surface area contributed by atoms with E-state index >= 15 is 0 Å². The predicted molar refractivity (Wildman–Crippen MR) is 76.3 cm³/mol. The lowest BCUT2D eigenvalue weighted by Gasteiger charge is -2.19. The summed E-state index contributed by atoms with van der Waals surface area (Å²) in [6.07, 6.45) is 1.77. The molecule has 0 saturated carbocycles. The van der Waals surface area contributed by atoms with Crippen molar-refractivity contribution < 1.29 is 13.6 Å². The minimum atomic E-state index is -0.652. The Bertz CT molecular complexity index is 426. The molecule has 0 bridgehead atoms. The van der Waals surface area contributed by atoms with Gasteiger partial charge in [-0.2, -0.15) is 0 Å². The summed E-state index contributed by atoms with van der Waals surface area (Å²) < 4.78 is 26.9. The molecule has 1 aromatic carbocycles. The molecule has 1 aromatic rings. The Labute approximate surface area is 119 Å². The number of benzene rings is 1. The second kappa shape index (κ2) is 8.10. The topological polar surface area (TPSA) is 43.1 Å². The zero-order valence-electron chi connectivity index (χ0n) is 12.2. The minimum Gasteiger partial charge on any atom is -0.330 e. The normalized spacial score (nSPS) is 12.7. The number of hydrogen-bond acceptors (Lipinski definition) is 2. The van der Waals surface area contributed by atoms with Gasteiger partial charge in [-0.15, -0.1) is 0 Å². The first-order valence-corrected chi connectivity index (χ1v) is 7.10. The second-order valence-corrected chi connectivity index (χ2v) is 5.54. The first-order chi connectivity index (χ1) is 9.45. The van der Waals surface area contributed by atoms with Crippen molar-refractivity contribution in [3.05, 3.63) is 35.4 Å². The second-order valence-electron chi connectivity index (χ2n) is 5.54. The summed E-state index contributed by atoms with van der Waals surface area (Å²) in [4.78, 5) is 11.9. The number of halogens is 2. The van der Waals surface area contributed by atoms with Crippen molar-refractivity contribution in [1.29, 1.82) is 0 Å². The molecule has 0 heterocycles. The molecule has 0 aliphatic rings. The Morgan fingerprint density at radius 3 is 2.30 bits per heavy atom. The molecule has 0 spiro atoms. The van der Waals surface area contributed by atoms with E-state index in [1.165, 1.54) is 18.2 Å². The van der Waals surface area contributed by atoms with Crippen LogP contribution in [0.5, 0.6) is 0 Å². The van der Waals surface area contributed by atoms with E-state index in [0.717, 1.165) is 12.8 Å². The number of Topliss-reactive ketones (excluding diaryl/α,β-unsaturated/α-hetero) is 1. The van der Waals surface area contributed by atoms with Crippen LogP contribution in [0.2, 0.25) is 0 Å². The monoisotopic (exact) mass is 283 g/mol. The van der Waals surface area contributed by atoms with Crippen LogP contribution >= 0.6 is 0 Å². The van der Waals surface area contributed by atoms with Crippen molar-refractivity contribution in [1.82, 2.24) is 0 Å². The SMILES string of the molecule is CC(C)C(CCN)CCC(=O)Cc1c(F)cccc1F. The fourth-order valence-electron chi connectivity index (χ4n) is 2.36. The van der Waals surface area contributed by atoms with Gasteiger partial charge in [-0.3, -0.25) is 4.79 Å². The average Bonchev–Trinajstić information content (AvgIpc) is 2.38. The maximum atomic E-state index is 13.4. The van der Waals surface area contributed by atoms with Gasteiger partial charge in [0.05, 0.1) is 0 Å². The molecule has 1 rings (SSSR count). The standard InChI is InChI=1S/C16H23F2NO/c1-11(2)12(8-9-19)6-7-13(20)10-14-15(17)4-3-5-16(14)18/h3-5,11-12H,6-10,19H2,1-2H3. The summed E-state index contributed by atoms with van der Waals surface area (Å²) in [5.41, 5.74) is 5.43. The fourth-order valence-corrected chi connectivity index (χ4v) is 2.36. The van der Waals surface area contributed by atoms with Gasteiger partial charge in [0.25, 0.3) is 0 Å². The van der Waals surface area contributed by atoms with E-state index in [-0.39, 0.29) is 17.8 Å². The molecule has 2 N–H and O–H groups in total. The van der Waals surface area contributed by atoms with E-state index in [9.17, 15) is 13.6 Å². The molecule has 112 valence electrons. The highest BCUT2D eigenvalue weighted by Crippen LogP contribution is 2.21. The zero-order valence-corrected chi connectivity index (χ0v) is 12.2. The number of carbonyl (C=O) groups excluding carboxylic acids is 1. The van der Waals surface area contributed by atoms with Crippen molar-refractivity contribution in [2.24, 2.45) is 17.6 Å². The van der Waals surface area contributed by atoms with Crippen LogP contribution in [0.15, 0.2) is 18.2 Å².